The zero-order chi connectivity index (χ0) is 15.8. The van der Waals surface area contributed by atoms with Crippen LogP contribution in [0.25, 0.3) is 5.69 Å². The van der Waals surface area contributed by atoms with Crippen LogP contribution in [0.15, 0.2) is 30.6 Å². The van der Waals surface area contributed by atoms with Crippen molar-refractivity contribution in [1.82, 2.24) is 4.57 Å². The summed E-state index contributed by atoms with van der Waals surface area (Å²) in [5.74, 6) is -2.70. The fourth-order valence-corrected chi connectivity index (χ4v) is 1.78. The Balaban J connectivity index is 2.61. The number of halogens is 4. The molecule has 0 aliphatic carbocycles. The number of aromatic carboxylic acids is 1. The van der Waals surface area contributed by atoms with E-state index >= 15 is 0 Å². The predicted octanol–water partition coefficient (Wildman–Crippen LogP) is 3.21. The Kier molecular flexibility index (Phi) is 3.43. The minimum atomic E-state index is -4.87. The molecular weight excluding hydrogens is 292 g/mol. The standard InChI is InChI=1S/C13H6F4N2O2/c14-10-3-7(4-18)1-2-11(10)19-5-8(12(20)21)9(6-19)13(15,16)17/h1-3,5-6H,(H,20,21). The quantitative estimate of drug-likeness (QED) is 0.866. The van der Waals surface area contributed by atoms with Gasteiger partial charge in [0.2, 0.25) is 0 Å². The summed E-state index contributed by atoms with van der Waals surface area (Å²) in [6.07, 6.45) is -3.70. The summed E-state index contributed by atoms with van der Waals surface area (Å²) < 4.78 is 52.7. The lowest BCUT2D eigenvalue weighted by molar-refractivity contribution is -0.138. The van der Waals surface area contributed by atoms with Crippen molar-refractivity contribution in [2.45, 2.75) is 6.18 Å². The first kappa shape index (κ1) is 14.6. The van der Waals surface area contributed by atoms with Crippen LogP contribution in [0.1, 0.15) is 21.5 Å². The van der Waals surface area contributed by atoms with Crippen molar-refractivity contribution in [2.75, 3.05) is 0 Å². The number of alkyl halides is 3. The monoisotopic (exact) mass is 298 g/mol. The molecule has 1 N–H and O–H groups in total. The molecule has 0 bridgehead atoms. The SMILES string of the molecule is N#Cc1ccc(-n2cc(C(=O)O)c(C(F)(F)F)c2)c(F)c1. The molecule has 1 aromatic carbocycles. The molecule has 8 heteroatoms. The highest BCUT2D eigenvalue weighted by Gasteiger charge is 2.37. The van der Waals surface area contributed by atoms with E-state index in [2.05, 4.69) is 0 Å². The summed E-state index contributed by atoms with van der Waals surface area (Å²) in [6, 6.07) is 4.84. The fraction of sp³-hybridized carbons (Fsp3) is 0.0769. The van der Waals surface area contributed by atoms with Crippen LogP contribution in [0.5, 0.6) is 0 Å². The summed E-state index contributed by atoms with van der Waals surface area (Å²) in [5.41, 5.74) is -2.64. The van der Waals surface area contributed by atoms with Crippen molar-refractivity contribution in [3.05, 3.63) is 53.1 Å². The van der Waals surface area contributed by atoms with Crippen molar-refractivity contribution < 1.29 is 27.5 Å². The van der Waals surface area contributed by atoms with E-state index in [0.29, 0.717) is 12.4 Å². The molecule has 0 fully saturated rings. The first-order chi connectivity index (χ1) is 9.74. The van der Waals surface area contributed by atoms with Crippen LogP contribution in [-0.4, -0.2) is 15.6 Å². The number of benzene rings is 1. The van der Waals surface area contributed by atoms with Gasteiger partial charge in [0, 0.05) is 12.4 Å². The van der Waals surface area contributed by atoms with Gasteiger partial charge in [0.1, 0.15) is 5.82 Å². The third kappa shape index (κ3) is 2.72. The third-order valence-electron chi connectivity index (χ3n) is 2.72. The average Bonchev–Trinajstić information content (AvgIpc) is 2.83. The van der Waals surface area contributed by atoms with Gasteiger partial charge in [-0.1, -0.05) is 0 Å². The number of hydrogen-bond donors (Lipinski definition) is 1. The molecule has 1 heterocycles. The minimum absolute atomic E-state index is 0.00194. The van der Waals surface area contributed by atoms with Crippen LogP contribution in [0.3, 0.4) is 0 Å². The Bertz CT molecular complexity index is 757. The van der Waals surface area contributed by atoms with Crippen molar-refractivity contribution in [2.24, 2.45) is 0 Å². The van der Waals surface area contributed by atoms with Gasteiger partial charge in [-0.15, -0.1) is 0 Å². The average molecular weight is 298 g/mol. The molecular formula is C13H6F4N2O2. The zero-order valence-corrected chi connectivity index (χ0v) is 10.1. The number of carboxylic acid groups (broad SMARTS) is 1. The van der Waals surface area contributed by atoms with E-state index in [1.54, 1.807) is 6.07 Å². The summed E-state index contributed by atoms with van der Waals surface area (Å²) in [7, 11) is 0. The number of hydrogen-bond acceptors (Lipinski definition) is 2. The van der Waals surface area contributed by atoms with Crippen LogP contribution < -0.4 is 0 Å². The van der Waals surface area contributed by atoms with Gasteiger partial charge in [0.05, 0.1) is 28.4 Å². The molecule has 0 saturated heterocycles. The first-order valence-electron chi connectivity index (χ1n) is 5.46. The van der Waals surface area contributed by atoms with Gasteiger partial charge in [0.25, 0.3) is 0 Å². The highest BCUT2D eigenvalue weighted by atomic mass is 19.4. The summed E-state index contributed by atoms with van der Waals surface area (Å²) in [6.45, 7) is 0. The second kappa shape index (κ2) is 4.94. The molecule has 2 aromatic rings. The Morgan fingerprint density at radius 1 is 1.29 bits per heavy atom. The van der Waals surface area contributed by atoms with E-state index in [0.717, 1.165) is 16.7 Å². The molecule has 21 heavy (non-hydrogen) atoms. The van der Waals surface area contributed by atoms with Crippen molar-refractivity contribution in [3.63, 3.8) is 0 Å². The van der Waals surface area contributed by atoms with E-state index in [-0.39, 0.29) is 11.3 Å². The second-order valence-corrected chi connectivity index (χ2v) is 4.07. The molecule has 0 unspecified atom stereocenters. The van der Waals surface area contributed by atoms with E-state index in [9.17, 15) is 22.4 Å². The van der Waals surface area contributed by atoms with Crippen LogP contribution in [0.4, 0.5) is 17.6 Å². The predicted molar refractivity (Wildman–Crippen MR) is 62.4 cm³/mol. The van der Waals surface area contributed by atoms with Crippen LogP contribution >= 0.6 is 0 Å². The summed E-state index contributed by atoms with van der Waals surface area (Å²) >= 11 is 0. The maximum atomic E-state index is 13.8. The lowest BCUT2D eigenvalue weighted by Crippen LogP contribution is -2.09. The van der Waals surface area contributed by atoms with Gasteiger partial charge in [-0.25, -0.2) is 9.18 Å². The fourth-order valence-electron chi connectivity index (χ4n) is 1.78. The topological polar surface area (TPSA) is 66.0 Å². The van der Waals surface area contributed by atoms with Gasteiger partial charge in [-0.2, -0.15) is 18.4 Å². The van der Waals surface area contributed by atoms with Crippen LogP contribution in [0.2, 0.25) is 0 Å². The van der Waals surface area contributed by atoms with Crippen molar-refractivity contribution in [3.8, 4) is 11.8 Å². The Labute approximate surface area is 115 Å². The van der Waals surface area contributed by atoms with Crippen LogP contribution in [0, 0.1) is 17.1 Å². The highest BCUT2D eigenvalue weighted by molar-refractivity contribution is 5.89. The maximum Gasteiger partial charge on any atom is 0.418 e. The Hall–Kier alpha value is -2.82. The lowest BCUT2D eigenvalue weighted by Gasteiger charge is -2.05. The molecule has 0 radical (unpaired) electrons. The highest BCUT2D eigenvalue weighted by Crippen LogP contribution is 2.33. The number of nitriles is 1. The van der Waals surface area contributed by atoms with E-state index in [4.69, 9.17) is 10.4 Å². The third-order valence-corrected chi connectivity index (χ3v) is 2.72. The smallest absolute Gasteiger partial charge is 0.418 e. The first-order valence-corrected chi connectivity index (χ1v) is 5.46. The number of aromatic nitrogens is 1. The lowest BCUT2D eigenvalue weighted by atomic mass is 10.2. The molecule has 108 valence electrons. The molecule has 0 saturated carbocycles. The number of carbonyl (C=O) groups is 1. The van der Waals surface area contributed by atoms with Crippen molar-refractivity contribution >= 4 is 5.97 Å². The molecule has 0 aliphatic rings. The molecule has 0 atom stereocenters. The largest absolute Gasteiger partial charge is 0.478 e. The van der Waals surface area contributed by atoms with Gasteiger partial charge in [-0.3, -0.25) is 0 Å². The Morgan fingerprint density at radius 3 is 2.38 bits per heavy atom. The molecule has 0 amide bonds. The molecule has 0 spiro atoms. The van der Waals surface area contributed by atoms with Gasteiger partial charge >= 0.3 is 12.1 Å². The number of rotatable bonds is 2. The molecule has 4 nitrogen and oxygen atoms in total. The van der Waals surface area contributed by atoms with E-state index in [1.807, 2.05) is 0 Å². The summed E-state index contributed by atoms with van der Waals surface area (Å²) in [4.78, 5) is 10.8. The van der Waals surface area contributed by atoms with Gasteiger partial charge in [-0.05, 0) is 18.2 Å². The Morgan fingerprint density at radius 2 is 1.95 bits per heavy atom. The normalized spacial score (nSPS) is 11.2. The maximum absolute atomic E-state index is 13.8. The van der Waals surface area contributed by atoms with E-state index in [1.165, 1.54) is 6.07 Å². The van der Waals surface area contributed by atoms with Crippen LogP contribution in [-0.2, 0) is 6.18 Å². The summed E-state index contributed by atoms with van der Waals surface area (Å²) in [5, 5.41) is 17.4. The molecule has 1 aromatic heterocycles. The van der Waals surface area contributed by atoms with E-state index < -0.39 is 29.1 Å². The minimum Gasteiger partial charge on any atom is -0.478 e. The number of nitrogens with zero attached hydrogens (tertiary/aromatic N) is 2. The van der Waals surface area contributed by atoms with Gasteiger partial charge < -0.3 is 9.67 Å². The van der Waals surface area contributed by atoms with Crippen molar-refractivity contribution in [1.29, 1.82) is 5.26 Å². The molecule has 0 aliphatic heterocycles. The van der Waals surface area contributed by atoms with Gasteiger partial charge in [0.15, 0.2) is 0 Å². The zero-order valence-electron chi connectivity index (χ0n) is 10.1. The molecule has 2 rings (SSSR count). The second-order valence-electron chi connectivity index (χ2n) is 4.07. The number of carboxylic acids is 1.